The highest BCUT2D eigenvalue weighted by atomic mass is 32.2. The zero-order chi connectivity index (χ0) is 24.0. The van der Waals surface area contributed by atoms with E-state index in [1.807, 2.05) is 16.7 Å². The largest absolute Gasteiger partial charge is 0.459 e. The summed E-state index contributed by atoms with van der Waals surface area (Å²) in [5.74, 6) is 1.69. The Morgan fingerprint density at radius 1 is 1.03 bits per heavy atom. The highest BCUT2D eigenvalue weighted by molar-refractivity contribution is 7.89. The second-order valence-electron chi connectivity index (χ2n) is 10.8. The topological polar surface area (TPSA) is 91.1 Å². The molecule has 0 radical (unpaired) electrons. The van der Waals surface area contributed by atoms with Gasteiger partial charge in [0.1, 0.15) is 0 Å². The molecule has 0 spiro atoms. The Kier molecular flexibility index (Phi) is 6.52. The zero-order valence-electron chi connectivity index (χ0n) is 20.3. The van der Waals surface area contributed by atoms with E-state index in [9.17, 15) is 18.0 Å². The minimum absolute atomic E-state index is 0.00636. The van der Waals surface area contributed by atoms with Crippen LogP contribution in [0.4, 0.5) is 0 Å². The number of fused-ring (bicyclic) bond motifs is 1. The lowest BCUT2D eigenvalue weighted by Crippen LogP contribution is -2.67. The van der Waals surface area contributed by atoms with E-state index < -0.39 is 10.0 Å². The normalized spacial score (nSPS) is 36.3. The maximum absolute atomic E-state index is 13.3. The van der Waals surface area contributed by atoms with Crippen LogP contribution in [0.1, 0.15) is 75.8 Å². The molecule has 9 heteroatoms. The van der Waals surface area contributed by atoms with Crippen molar-refractivity contribution in [2.24, 2.45) is 11.8 Å². The highest BCUT2D eigenvalue weighted by Gasteiger charge is 2.48. The summed E-state index contributed by atoms with van der Waals surface area (Å²) in [6.45, 7) is 4.86. The van der Waals surface area contributed by atoms with Gasteiger partial charge in [0.15, 0.2) is 5.76 Å². The maximum atomic E-state index is 13.3. The van der Waals surface area contributed by atoms with Crippen molar-refractivity contribution >= 4 is 21.8 Å². The molecule has 4 fully saturated rings. The van der Waals surface area contributed by atoms with Crippen LogP contribution in [0.25, 0.3) is 0 Å². The molecule has 1 aromatic heterocycles. The third-order valence-electron chi connectivity index (χ3n) is 8.82. The van der Waals surface area contributed by atoms with Crippen LogP contribution in [0, 0.1) is 11.8 Å². The van der Waals surface area contributed by atoms with E-state index in [4.69, 9.17) is 4.42 Å². The lowest BCUT2D eigenvalue weighted by molar-refractivity contribution is -0.142. The molecule has 5 rings (SSSR count). The van der Waals surface area contributed by atoms with Gasteiger partial charge in [-0.3, -0.25) is 9.59 Å². The van der Waals surface area contributed by atoms with Crippen LogP contribution in [0.5, 0.6) is 0 Å². The van der Waals surface area contributed by atoms with Gasteiger partial charge in [-0.15, -0.1) is 0 Å². The first kappa shape index (κ1) is 23.9. The molecule has 0 bridgehead atoms. The van der Waals surface area contributed by atoms with E-state index in [2.05, 4.69) is 0 Å². The molecule has 188 valence electrons. The molecule has 4 aliphatic rings. The summed E-state index contributed by atoms with van der Waals surface area (Å²) in [5, 5.41) is 0. The number of carbonyl (C=O) groups excluding carboxylic acids is 2. The Bertz CT molecular complexity index is 1000. The number of sulfonamides is 1. The molecule has 2 aliphatic heterocycles. The molecular weight excluding hydrogens is 454 g/mol. The van der Waals surface area contributed by atoms with Crippen LogP contribution < -0.4 is 0 Å². The summed E-state index contributed by atoms with van der Waals surface area (Å²) in [7, 11) is -3.06. The average molecular weight is 492 g/mol. The van der Waals surface area contributed by atoms with Crippen molar-refractivity contribution in [3.63, 3.8) is 0 Å². The van der Waals surface area contributed by atoms with Crippen molar-refractivity contribution in [1.82, 2.24) is 14.1 Å². The zero-order valence-corrected chi connectivity index (χ0v) is 21.1. The monoisotopic (exact) mass is 491 g/mol. The number of carbonyl (C=O) groups is 2. The molecule has 3 unspecified atom stereocenters. The van der Waals surface area contributed by atoms with Gasteiger partial charge in [-0.25, -0.2) is 8.42 Å². The van der Waals surface area contributed by atoms with E-state index in [-0.39, 0.29) is 36.0 Å². The predicted octanol–water partition coefficient (Wildman–Crippen LogP) is 3.10. The van der Waals surface area contributed by atoms with Gasteiger partial charge in [0.05, 0.1) is 24.1 Å². The molecule has 34 heavy (non-hydrogen) atoms. The number of nitrogens with zero attached hydrogens (tertiary/aromatic N) is 3. The number of furan rings is 1. The molecule has 8 nitrogen and oxygen atoms in total. The predicted molar refractivity (Wildman–Crippen MR) is 127 cm³/mol. The minimum Gasteiger partial charge on any atom is -0.459 e. The highest BCUT2D eigenvalue weighted by Crippen LogP contribution is 2.44. The van der Waals surface area contributed by atoms with E-state index in [1.165, 1.54) is 6.26 Å². The van der Waals surface area contributed by atoms with Gasteiger partial charge < -0.3 is 14.2 Å². The van der Waals surface area contributed by atoms with Gasteiger partial charge in [0.25, 0.3) is 5.91 Å². The first-order chi connectivity index (χ1) is 16.3. The Balaban J connectivity index is 1.30. The van der Waals surface area contributed by atoms with E-state index in [0.717, 1.165) is 51.4 Å². The van der Waals surface area contributed by atoms with Gasteiger partial charge in [-0.2, -0.15) is 4.31 Å². The fourth-order valence-electron chi connectivity index (χ4n) is 7.33. The van der Waals surface area contributed by atoms with Crippen LogP contribution in [0.2, 0.25) is 0 Å². The average Bonchev–Trinajstić information content (AvgIpc) is 3.47. The van der Waals surface area contributed by atoms with Gasteiger partial charge >= 0.3 is 0 Å². The second-order valence-corrected chi connectivity index (χ2v) is 12.8. The first-order valence-electron chi connectivity index (χ1n) is 12.9. The molecular formula is C25H37N3O5S. The van der Waals surface area contributed by atoms with Crippen LogP contribution in [-0.4, -0.2) is 77.3 Å². The quantitative estimate of drug-likeness (QED) is 0.648. The van der Waals surface area contributed by atoms with Gasteiger partial charge in [-0.1, -0.05) is 0 Å². The number of amides is 2. The van der Waals surface area contributed by atoms with Gasteiger partial charge in [-0.05, 0) is 82.3 Å². The third kappa shape index (κ3) is 4.30. The fraction of sp³-hybridized carbons (Fsp3) is 0.760. The van der Waals surface area contributed by atoms with Crippen LogP contribution in [-0.2, 0) is 14.8 Å². The Hall–Kier alpha value is -1.87. The van der Waals surface area contributed by atoms with Gasteiger partial charge in [0, 0.05) is 32.1 Å². The van der Waals surface area contributed by atoms with Crippen molar-refractivity contribution in [3.05, 3.63) is 24.2 Å². The van der Waals surface area contributed by atoms with E-state index in [0.29, 0.717) is 36.4 Å². The smallest absolute Gasteiger partial charge is 0.289 e. The van der Waals surface area contributed by atoms with Crippen molar-refractivity contribution < 1.29 is 22.4 Å². The molecule has 0 N–H and O–H groups in total. The molecule has 2 amide bonds. The first-order valence-corrected chi connectivity index (χ1v) is 14.5. The summed E-state index contributed by atoms with van der Waals surface area (Å²) >= 11 is 0. The Morgan fingerprint density at radius 3 is 2.38 bits per heavy atom. The Labute approximate surface area is 202 Å². The fourth-order valence-corrected chi connectivity index (χ4v) is 9.13. The second kappa shape index (κ2) is 9.30. The number of rotatable bonds is 3. The summed E-state index contributed by atoms with van der Waals surface area (Å²) in [6.07, 6.45) is 9.07. The van der Waals surface area contributed by atoms with Crippen LogP contribution >= 0.6 is 0 Å². The van der Waals surface area contributed by atoms with Crippen molar-refractivity contribution in [2.75, 3.05) is 18.8 Å². The molecule has 3 heterocycles. The SMILES string of the molecule is CC(=O)N1C2CCC(C3CCC(N4CCCS4(=O)=O)CC3)CC2N(C(=O)c2ccco2)C[C@@H]1C. The number of hydrogen-bond donors (Lipinski definition) is 0. The third-order valence-corrected chi connectivity index (χ3v) is 10.8. The van der Waals surface area contributed by atoms with E-state index in [1.54, 1.807) is 23.4 Å². The number of piperazine rings is 1. The maximum Gasteiger partial charge on any atom is 0.289 e. The van der Waals surface area contributed by atoms with E-state index >= 15 is 0 Å². The molecule has 0 aromatic carbocycles. The van der Waals surface area contributed by atoms with Gasteiger partial charge in [0.2, 0.25) is 15.9 Å². The molecule has 4 atom stereocenters. The summed E-state index contributed by atoms with van der Waals surface area (Å²) in [5.41, 5.74) is 0. The number of hydrogen-bond acceptors (Lipinski definition) is 5. The minimum atomic E-state index is -3.06. The lowest BCUT2D eigenvalue weighted by Gasteiger charge is -2.54. The molecule has 1 aromatic rings. The van der Waals surface area contributed by atoms with Crippen LogP contribution in [0.3, 0.4) is 0 Å². The summed E-state index contributed by atoms with van der Waals surface area (Å²) in [6, 6.07) is 3.62. The molecule has 2 saturated carbocycles. The Morgan fingerprint density at radius 2 is 1.76 bits per heavy atom. The van der Waals surface area contributed by atoms with Crippen molar-refractivity contribution in [1.29, 1.82) is 0 Å². The van der Waals surface area contributed by atoms with Crippen molar-refractivity contribution in [2.45, 2.75) is 89.4 Å². The standard InChI is InChI=1S/C25H37N3O5S/c1-17-16-26(25(30)24-5-3-13-33-24)23-15-20(8-11-22(23)28(17)18(2)29)19-6-9-21(10-7-19)27-12-4-14-34(27,31)32/h3,5,13,17,19-23H,4,6-12,14-16H2,1-2H3/t17-,19?,20?,21?,22?,23?/m0/s1. The van der Waals surface area contributed by atoms with Crippen molar-refractivity contribution in [3.8, 4) is 0 Å². The summed E-state index contributed by atoms with van der Waals surface area (Å²) in [4.78, 5) is 29.8. The molecule has 2 aliphatic carbocycles. The van der Waals surface area contributed by atoms with Crippen LogP contribution in [0.15, 0.2) is 22.8 Å². The molecule has 2 saturated heterocycles. The summed E-state index contributed by atoms with van der Waals surface area (Å²) < 4.78 is 31.9. The lowest BCUT2D eigenvalue weighted by atomic mass is 9.68.